The molecule has 82 valence electrons. The van der Waals surface area contributed by atoms with Gasteiger partial charge in [-0.3, -0.25) is 3.97 Å². The quantitative estimate of drug-likeness (QED) is 0.694. The summed E-state index contributed by atoms with van der Waals surface area (Å²) in [5, 5.41) is 1.27. The fourth-order valence-corrected chi connectivity index (χ4v) is 1.83. The summed E-state index contributed by atoms with van der Waals surface area (Å²) >= 11 is 5.87. The van der Waals surface area contributed by atoms with Crippen molar-refractivity contribution in [2.45, 2.75) is 20.8 Å². The molecule has 0 saturated heterocycles. The van der Waals surface area contributed by atoms with Gasteiger partial charge in [0.2, 0.25) is 0 Å². The zero-order valence-corrected chi connectivity index (χ0v) is 10.4. The molecule has 0 radical (unpaired) electrons. The Morgan fingerprint density at radius 2 is 2.07 bits per heavy atom. The molecule has 5 heteroatoms. The molecule has 0 amide bonds. The summed E-state index contributed by atoms with van der Waals surface area (Å²) in [6, 6.07) is 3.52. The van der Waals surface area contributed by atoms with Crippen LogP contribution < -0.4 is 0 Å². The standard InChI is InChI=1S/C8H6ClFN2S.C2H6/c1-5-2-6-4-11-8(9)3-7(6)12(5)13-10;1-2/h2-4H,1H3;1-2H3. The van der Waals surface area contributed by atoms with Gasteiger partial charge < -0.3 is 0 Å². The van der Waals surface area contributed by atoms with Crippen molar-refractivity contribution in [3.05, 3.63) is 29.2 Å². The number of halogens is 2. The zero-order chi connectivity index (χ0) is 11.4. The molecule has 0 atom stereocenters. The summed E-state index contributed by atoms with van der Waals surface area (Å²) in [6.45, 7) is 5.83. The van der Waals surface area contributed by atoms with Crippen molar-refractivity contribution in [3.8, 4) is 0 Å². The van der Waals surface area contributed by atoms with Gasteiger partial charge >= 0.3 is 0 Å². The summed E-state index contributed by atoms with van der Waals surface area (Å²) < 4.78 is 14.0. The zero-order valence-electron chi connectivity index (χ0n) is 8.79. The number of aryl methyl sites for hydroxylation is 1. The van der Waals surface area contributed by atoms with Crippen LogP contribution in [-0.2, 0) is 0 Å². The number of aromatic nitrogens is 2. The van der Waals surface area contributed by atoms with Gasteiger partial charge in [-0.15, -0.1) is 3.89 Å². The Labute approximate surface area is 97.9 Å². The Balaban J connectivity index is 0.000000531. The lowest BCUT2D eigenvalue weighted by Crippen LogP contribution is -1.85. The third-order valence-electron chi connectivity index (χ3n) is 1.85. The monoisotopic (exact) mass is 246 g/mol. The van der Waals surface area contributed by atoms with Crippen LogP contribution in [-0.4, -0.2) is 8.96 Å². The number of hydrogen-bond donors (Lipinski definition) is 0. The molecule has 0 fully saturated rings. The topological polar surface area (TPSA) is 17.8 Å². The third kappa shape index (κ3) is 2.44. The number of fused-ring (bicyclic) bond motifs is 1. The molecule has 2 heterocycles. The number of nitrogens with zero attached hydrogens (tertiary/aromatic N) is 2. The van der Waals surface area contributed by atoms with Gasteiger partial charge in [0.15, 0.2) is 12.3 Å². The molecule has 15 heavy (non-hydrogen) atoms. The van der Waals surface area contributed by atoms with E-state index in [1.54, 1.807) is 12.3 Å². The molecule has 0 aliphatic carbocycles. The first kappa shape index (κ1) is 12.3. The van der Waals surface area contributed by atoms with Crippen LogP contribution in [0.15, 0.2) is 18.3 Å². The summed E-state index contributed by atoms with van der Waals surface area (Å²) in [7, 11) is 0. The van der Waals surface area contributed by atoms with E-state index in [1.807, 2.05) is 26.8 Å². The minimum Gasteiger partial charge on any atom is -0.261 e. The highest BCUT2D eigenvalue weighted by Crippen LogP contribution is 2.25. The maximum absolute atomic E-state index is 12.5. The van der Waals surface area contributed by atoms with Crippen LogP contribution in [0.5, 0.6) is 0 Å². The molecule has 0 unspecified atom stereocenters. The van der Waals surface area contributed by atoms with Crippen LogP contribution >= 0.6 is 23.9 Å². The van der Waals surface area contributed by atoms with Crippen LogP contribution in [0.3, 0.4) is 0 Å². The molecule has 0 aromatic carbocycles. The highest BCUT2D eigenvalue weighted by atomic mass is 35.5. The van der Waals surface area contributed by atoms with Crippen molar-refractivity contribution in [3.63, 3.8) is 0 Å². The number of rotatable bonds is 1. The van der Waals surface area contributed by atoms with Gasteiger partial charge in [0.25, 0.3) is 0 Å². The molecule has 0 saturated carbocycles. The Bertz CT molecular complexity index is 456. The van der Waals surface area contributed by atoms with Gasteiger partial charge in [-0.2, -0.15) is 0 Å². The molecule has 2 aromatic heterocycles. The maximum atomic E-state index is 12.5. The second-order valence-corrected chi connectivity index (χ2v) is 3.61. The van der Waals surface area contributed by atoms with Gasteiger partial charge in [0.1, 0.15) is 5.15 Å². The van der Waals surface area contributed by atoms with Gasteiger partial charge in [-0.05, 0) is 13.0 Å². The van der Waals surface area contributed by atoms with Crippen molar-refractivity contribution in [1.82, 2.24) is 8.96 Å². The lowest BCUT2D eigenvalue weighted by atomic mass is 10.3. The minimum atomic E-state index is 0.171. The minimum absolute atomic E-state index is 0.171. The second-order valence-electron chi connectivity index (χ2n) is 2.71. The molecule has 0 spiro atoms. The fourth-order valence-electron chi connectivity index (χ4n) is 1.28. The largest absolute Gasteiger partial charge is 0.261 e. The SMILES string of the molecule is CC.Cc1cc2cnc(Cl)cc2n1SF. The third-order valence-corrected chi connectivity index (χ3v) is 2.68. The average molecular weight is 247 g/mol. The normalized spacial score (nSPS) is 9.93. The van der Waals surface area contributed by atoms with E-state index in [-0.39, 0.29) is 12.3 Å². The van der Waals surface area contributed by atoms with Crippen molar-refractivity contribution in [1.29, 1.82) is 0 Å². The highest BCUT2D eigenvalue weighted by molar-refractivity contribution is 7.93. The highest BCUT2D eigenvalue weighted by Gasteiger charge is 2.06. The van der Waals surface area contributed by atoms with E-state index in [2.05, 4.69) is 4.98 Å². The summed E-state index contributed by atoms with van der Waals surface area (Å²) in [5.74, 6) is 0. The van der Waals surface area contributed by atoms with Crippen LogP contribution in [0, 0.1) is 6.92 Å². The lowest BCUT2D eigenvalue weighted by Gasteiger charge is -1.98. The molecule has 2 rings (SSSR count). The van der Waals surface area contributed by atoms with Crippen LogP contribution in [0.1, 0.15) is 19.5 Å². The van der Waals surface area contributed by atoms with Crippen LogP contribution in [0.2, 0.25) is 5.15 Å². The van der Waals surface area contributed by atoms with Gasteiger partial charge in [0, 0.05) is 23.3 Å². The average Bonchev–Trinajstić information content (AvgIpc) is 2.56. The maximum Gasteiger partial charge on any atom is 0.170 e. The lowest BCUT2D eigenvalue weighted by molar-refractivity contribution is 0.916. The fraction of sp³-hybridized carbons (Fsp3) is 0.300. The summed E-state index contributed by atoms with van der Waals surface area (Å²) in [4.78, 5) is 3.92. The first-order valence-corrected chi connectivity index (χ1v) is 5.70. The molecule has 2 aromatic rings. The van der Waals surface area contributed by atoms with Gasteiger partial charge in [-0.1, -0.05) is 25.4 Å². The first-order chi connectivity index (χ1) is 7.22. The van der Waals surface area contributed by atoms with Crippen molar-refractivity contribution < 1.29 is 3.89 Å². The van der Waals surface area contributed by atoms with Crippen molar-refractivity contribution >= 4 is 34.8 Å². The van der Waals surface area contributed by atoms with Crippen LogP contribution in [0.25, 0.3) is 10.9 Å². The predicted molar refractivity (Wildman–Crippen MR) is 64.9 cm³/mol. The number of pyridine rings is 1. The molecule has 0 bridgehead atoms. The van der Waals surface area contributed by atoms with E-state index in [0.717, 1.165) is 16.6 Å². The number of hydrogen-bond acceptors (Lipinski definition) is 2. The Hall–Kier alpha value is -0.740. The van der Waals surface area contributed by atoms with E-state index < -0.39 is 0 Å². The Morgan fingerprint density at radius 1 is 1.40 bits per heavy atom. The summed E-state index contributed by atoms with van der Waals surface area (Å²) in [5.41, 5.74) is 1.59. The molecular formula is C10H12ClFN2S. The molecule has 2 nitrogen and oxygen atoms in total. The van der Waals surface area contributed by atoms with Crippen molar-refractivity contribution in [2.24, 2.45) is 0 Å². The van der Waals surface area contributed by atoms with E-state index in [9.17, 15) is 3.89 Å². The second kappa shape index (κ2) is 5.37. The van der Waals surface area contributed by atoms with Crippen molar-refractivity contribution in [2.75, 3.05) is 0 Å². The van der Waals surface area contributed by atoms with Gasteiger partial charge in [0.05, 0.1) is 5.52 Å². The molecule has 0 aliphatic rings. The molecule has 0 N–H and O–H groups in total. The van der Waals surface area contributed by atoms with E-state index >= 15 is 0 Å². The van der Waals surface area contributed by atoms with Crippen LogP contribution in [0.4, 0.5) is 3.89 Å². The Kier molecular flexibility index (Phi) is 4.42. The first-order valence-electron chi connectivity index (χ1n) is 4.65. The predicted octanol–water partition coefficient (Wildman–Crippen LogP) is 4.41. The van der Waals surface area contributed by atoms with E-state index in [1.165, 1.54) is 3.97 Å². The Morgan fingerprint density at radius 3 is 2.67 bits per heavy atom. The van der Waals surface area contributed by atoms with E-state index in [0.29, 0.717) is 5.15 Å². The summed E-state index contributed by atoms with van der Waals surface area (Å²) in [6.07, 6.45) is 1.64. The van der Waals surface area contributed by atoms with Gasteiger partial charge in [-0.25, -0.2) is 4.98 Å². The smallest absolute Gasteiger partial charge is 0.170 e. The van der Waals surface area contributed by atoms with E-state index in [4.69, 9.17) is 11.6 Å². The molecular weight excluding hydrogens is 235 g/mol. The molecule has 0 aliphatic heterocycles.